The quantitative estimate of drug-likeness (QED) is 0.593. The molecular formula is C14H6Cl3F3NO5-. The number of halogens is 6. The van der Waals surface area contributed by atoms with Gasteiger partial charge in [0.2, 0.25) is 0 Å². The molecule has 0 saturated heterocycles. The second-order valence-corrected chi connectivity index (χ2v) is 5.42. The Morgan fingerprint density at radius 2 is 1.69 bits per heavy atom. The first-order chi connectivity index (χ1) is 11.5. The molecule has 0 atom stereocenters. The minimum atomic E-state index is -4.67. The molecule has 0 radical (unpaired) electrons. The largest absolute Gasteiger partial charge is 1.00 e. The van der Waals surface area contributed by atoms with Crippen LogP contribution in [0, 0.1) is 10.1 Å². The lowest BCUT2D eigenvalue weighted by atomic mass is 10.1. The highest BCUT2D eigenvalue weighted by atomic mass is 35.5. The van der Waals surface area contributed by atoms with Gasteiger partial charge in [0.1, 0.15) is 11.3 Å². The second kappa shape index (κ2) is 7.98. The highest BCUT2D eigenvalue weighted by Gasteiger charge is 2.32. The van der Waals surface area contributed by atoms with Gasteiger partial charge in [-0.25, -0.2) is 4.79 Å². The number of rotatable bonds is 4. The van der Waals surface area contributed by atoms with Crippen molar-refractivity contribution >= 4 is 34.9 Å². The Labute approximate surface area is 159 Å². The van der Waals surface area contributed by atoms with Crippen molar-refractivity contribution in [1.82, 2.24) is 0 Å². The molecule has 2 aromatic carbocycles. The van der Waals surface area contributed by atoms with E-state index in [1.807, 2.05) is 0 Å². The van der Waals surface area contributed by atoms with Gasteiger partial charge in [-0.15, -0.1) is 0 Å². The average Bonchev–Trinajstić information content (AvgIpc) is 2.49. The molecule has 2 rings (SSSR count). The lowest BCUT2D eigenvalue weighted by molar-refractivity contribution is -0.385. The van der Waals surface area contributed by atoms with Crippen LogP contribution in [0.4, 0.5) is 18.9 Å². The van der Waals surface area contributed by atoms with Crippen molar-refractivity contribution in [2.45, 2.75) is 6.18 Å². The van der Waals surface area contributed by atoms with Crippen LogP contribution >= 0.6 is 23.2 Å². The Bertz CT molecular complexity index is 850. The Hall–Kier alpha value is -2.23. The van der Waals surface area contributed by atoms with Crippen molar-refractivity contribution < 1.29 is 45.1 Å². The summed E-state index contributed by atoms with van der Waals surface area (Å²) < 4.78 is 43.3. The number of hydrogen-bond acceptors (Lipinski definition) is 4. The monoisotopic (exact) mass is 430 g/mol. The van der Waals surface area contributed by atoms with Crippen LogP contribution in [-0.4, -0.2) is 16.0 Å². The lowest BCUT2D eigenvalue weighted by Crippen LogP contribution is -3.00. The van der Waals surface area contributed by atoms with Crippen LogP contribution in [0.2, 0.25) is 10.0 Å². The number of hydrogen-bond donors (Lipinski definition) is 1. The zero-order valence-electron chi connectivity index (χ0n) is 12.2. The maximum atomic E-state index is 12.7. The van der Waals surface area contributed by atoms with Gasteiger partial charge in [0.15, 0.2) is 5.75 Å². The molecule has 0 aromatic heterocycles. The molecule has 1 N–H and O–H groups in total. The third kappa shape index (κ3) is 4.69. The number of alkyl halides is 3. The smallest absolute Gasteiger partial charge is 0.416 e. The number of nitro benzene ring substituents is 1. The first kappa shape index (κ1) is 21.8. The molecule has 0 heterocycles. The maximum Gasteiger partial charge on any atom is 0.416 e. The number of carboxylic acid groups (broad SMARTS) is 1. The van der Waals surface area contributed by atoms with Crippen LogP contribution in [0.1, 0.15) is 15.9 Å². The highest BCUT2D eigenvalue weighted by Crippen LogP contribution is 2.42. The second-order valence-electron chi connectivity index (χ2n) is 4.61. The Morgan fingerprint density at radius 1 is 1.15 bits per heavy atom. The fourth-order valence-corrected chi connectivity index (χ4v) is 2.41. The topological polar surface area (TPSA) is 89.7 Å². The number of benzene rings is 2. The summed E-state index contributed by atoms with van der Waals surface area (Å²) in [5.41, 5.74) is -2.43. The van der Waals surface area contributed by atoms with Crippen molar-refractivity contribution in [3.8, 4) is 11.5 Å². The Morgan fingerprint density at radius 3 is 2.12 bits per heavy atom. The van der Waals surface area contributed by atoms with Crippen molar-refractivity contribution in [3.05, 3.63) is 61.6 Å². The van der Waals surface area contributed by atoms with Crippen LogP contribution in [0.5, 0.6) is 11.5 Å². The van der Waals surface area contributed by atoms with E-state index < -0.39 is 43.9 Å². The normalized spacial score (nSPS) is 10.8. The number of carbonyl (C=O) groups is 1. The number of ether oxygens (including phenoxy) is 1. The third-order valence-electron chi connectivity index (χ3n) is 2.94. The number of aromatic carboxylic acids is 1. The van der Waals surface area contributed by atoms with E-state index in [-0.39, 0.29) is 23.9 Å². The van der Waals surface area contributed by atoms with Crippen LogP contribution in [-0.2, 0) is 6.18 Å². The molecule has 0 bridgehead atoms. The molecule has 0 aliphatic carbocycles. The Kier molecular flexibility index (Phi) is 6.70. The predicted molar refractivity (Wildman–Crippen MR) is 81.6 cm³/mol. The van der Waals surface area contributed by atoms with Crippen molar-refractivity contribution in [3.63, 3.8) is 0 Å². The summed E-state index contributed by atoms with van der Waals surface area (Å²) in [5, 5.41) is 18.9. The van der Waals surface area contributed by atoms with E-state index in [9.17, 15) is 28.1 Å². The fraction of sp³-hybridized carbons (Fsp3) is 0.0714. The Balaban J connectivity index is 0.00000338. The van der Waals surface area contributed by atoms with E-state index in [0.717, 1.165) is 18.2 Å². The number of nitro groups is 1. The van der Waals surface area contributed by atoms with Crippen LogP contribution in [0.15, 0.2) is 30.3 Å². The number of carboxylic acids is 1. The van der Waals surface area contributed by atoms with Gasteiger partial charge >= 0.3 is 12.1 Å². The molecule has 0 saturated carbocycles. The van der Waals surface area contributed by atoms with Gasteiger partial charge in [-0.05, 0) is 18.2 Å². The van der Waals surface area contributed by atoms with E-state index in [4.69, 9.17) is 33.0 Å². The van der Waals surface area contributed by atoms with Gasteiger partial charge in [-0.1, -0.05) is 23.2 Å². The SMILES string of the molecule is O=C(O)c1cc(Oc2c(Cl)cc(C(F)(F)F)cc2Cl)ccc1[N+](=O)[O-].[Cl-]. The molecule has 26 heavy (non-hydrogen) atoms. The van der Waals surface area contributed by atoms with Gasteiger partial charge in [0.25, 0.3) is 5.69 Å². The lowest BCUT2D eigenvalue weighted by Gasteiger charge is -2.13. The molecule has 0 spiro atoms. The fourth-order valence-electron chi connectivity index (χ4n) is 1.85. The summed E-state index contributed by atoms with van der Waals surface area (Å²) in [4.78, 5) is 21.0. The minimum Gasteiger partial charge on any atom is -1.00 e. The molecule has 6 nitrogen and oxygen atoms in total. The maximum absolute atomic E-state index is 12.7. The van der Waals surface area contributed by atoms with Gasteiger partial charge in [-0.3, -0.25) is 10.1 Å². The number of nitrogens with zero attached hydrogens (tertiary/aromatic N) is 1. The zero-order valence-corrected chi connectivity index (χ0v) is 14.4. The molecular weight excluding hydrogens is 426 g/mol. The van der Waals surface area contributed by atoms with Crippen LogP contribution in [0.25, 0.3) is 0 Å². The zero-order chi connectivity index (χ0) is 18.9. The van der Waals surface area contributed by atoms with Crippen molar-refractivity contribution in [1.29, 1.82) is 0 Å². The average molecular weight is 432 g/mol. The summed E-state index contributed by atoms with van der Waals surface area (Å²) in [6.07, 6.45) is -4.67. The third-order valence-corrected chi connectivity index (χ3v) is 3.50. The summed E-state index contributed by atoms with van der Waals surface area (Å²) >= 11 is 11.5. The summed E-state index contributed by atoms with van der Waals surface area (Å²) in [6.45, 7) is 0. The van der Waals surface area contributed by atoms with E-state index in [2.05, 4.69) is 0 Å². The van der Waals surface area contributed by atoms with E-state index >= 15 is 0 Å². The molecule has 0 unspecified atom stereocenters. The standard InChI is InChI=1S/C14H6Cl2F3NO5.ClH/c15-9-3-6(14(17,18)19)4-10(16)12(9)25-7-1-2-11(20(23)24)8(5-7)13(21)22;/h1-5H,(H,21,22);1H/p-1. The van der Waals surface area contributed by atoms with Crippen molar-refractivity contribution in [2.75, 3.05) is 0 Å². The van der Waals surface area contributed by atoms with Crippen molar-refractivity contribution in [2.24, 2.45) is 0 Å². The van der Waals surface area contributed by atoms with Gasteiger partial charge < -0.3 is 22.3 Å². The highest BCUT2D eigenvalue weighted by molar-refractivity contribution is 6.37. The minimum absolute atomic E-state index is 0. The predicted octanol–water partition coefficient (Wildman–Crippen LogP) is 2.41. The molecule has 140 valence electrons. The van der Waals surface area contributed by atoms with E-state index in [1.165, 1.54) is 0 Å². The van der Waals surface area contributed by atoms with Gasteiger partial charge in [0.05, 0.1) is 20.5 Å². The van der Waals surface area contributed by atoms with Gasteiger partial charge in [0, 0.05) is 12.1 Å². The van der Waals surface area contributed by atoms with Crippen LogP contribution < -0.4 is 17.1 Å². The summed E-state index contributed by atoms with van der Waals surface area (Å²) in [5.74, 6) is -2.13. The molecule has 12 heteroatoms. The van der Waals surface area contributed by atoms with E-state index in [1.54, 1.807) is 0 Å². The van der Waals surface area contributed by atoms with Crippen LogP contribution in [0.3, 0.4) is 0 Å². The molecule has 0 fully saturated rings. The first-order valence-electron chi connectivity index (χ1n) is 6.26. The first-order valence-corrected chi connectivity index (χ1v) is 7.02. The molecule has 0 aliphatic rings. The molecule has 0 aliphatic heterocycles. The summed E-state index contributed by atoms with van der Waals surface area (Å²) in [7, 11) is 0. The van der Waals surface area contributed by atoms with E-state index in [0.29, 0.717) is 12.1 Å². The molecule has 0 amide bonds. The molecule has 2 aromatic rings. The van der Waals surface area contributed by atoms with Gasteiger partial charge in [-0.2, -0.15) is 13.2 Å². The summed E-state index contributed by atoms with van der Waals surface area (Å²) in [6, 6.07) is 3.96.